The fourth-order valence-electron chi connectivity index (χ4n) is 1.87. The average Bonchev–Trinajstić information content (AvgIpc) is 2.37. The van der Waals surface area contributed by atoms with E-state index in [4.69, 9.17) is 0 Å². The maximum atomic E-state index is 12.4. The highest BCUT2D eigenvalue weighted by molar-refractivity contribution is 5.98. The maximum Gasteiger partial charge on any atom is 0.471 e. The number of nitrogens with one attached hydrogen (secondary N) is 2. The highest BCUT2D eigenvalue weighted by Crippen LogP contribution is 2.26. The second-order valence-corrected chi connectivity index (χ2v) is 4.39. The summed E-state index contributed by atoms with van der Waals surface area (Å²) in [4.78, 5) is 25.6. The number of hydrogen-bond acceptors (Lipinski definition) is 2. The molecule has 2 rings (SSSR count). The van der Waals surface area contributed by atoms with Crippen molar-refractivity contribution in [3.05, 3.63) is 52.4 Å². The van der Waals surface area contributed by atoms with Crippen molar-refractivity contribution in [2.24, 2.45) is 0 Å². The Morgan fingerprint density at radius 1 is 1.19 bits per heavy atom. The Kier molecular flexibility index (Phi) is 3.84. The number of rotatable bonds is 2. The number of hydrogen-bond donors (Lipinski definition) is 2. The van der Waals surface area contributed by atoms with Crippen molar-refractivity contribution in [1.82, 2.24) is 4.98 Å². The van der Waals surface area contributed by atoms with Gasteiger partial charge < -0.3 is 10.3 Å². The van der Waals surface area contributed by atoms with Crippen LogP contribution in [0.5, 0.6) is 0 Å². The Bertz CT molecular complexity index is 721. The summed E-state index contributed by atoms with van der Waals surface area (Å²) in [7, 11) is 0. The first-order chi connectivity index (χ1) is 9.79. The molecule has 1 heterocycles. The molecule has 0 aliphatic carbocycles. The number of carbonyl (C=O) groups excluding carboxylic acids is 1. The molecule has 0 aliphatic rings. The van der Waals surface area contributed by atoms with Gasteiger partial charge in [0.15, 0.2) is 0 Å². The van der Waals surface area contributed by atoms with Crippen molar-refractivity contribution in [2.45, 2.75) is 13.1 Å². The Balaban J connectivity index is 2.55. The van der Waals surface area contributed by atoms with Gasteiger partial charge in [-0.05, 0) is 18.6 Å². The van der Waals surface area contributed by atoms with Crippen LogP contribution in [0, 0.1) is 6.92 Å². The molecule has 0 fully saturated rings. The molecule has 2 aromatic rings. The molecule has 0 saturated carbocycles. The number of halogens is 3. The first kappa shape index (κ1) is 14.8. The number of amides is 1. The summed E-state index contributed by atoms with van der Waals surface area (Å²) in [5, 5.41) is 1.75. The third-order valence-electron chi connectivity index (χ3n) is 2.74. The van der Waals surface area contributed by atoms with Gasteiger partial charge in [-0.1, -0.05) is 30.3 Å². The summed E-state index contributed by atoms with van der Waals surface area (Å²) in [6.45, 7) is 1.51. The third-order valence-corrected chi connectivity index (χ3v) is 2.74. The first-order valence-electron chi connectivity index (χ1n) is 5.96. The van der Waals surface area contributed by atoms with Gasteiger partial charge in [0.05, 0.1) is 11.3 Å². The number of aromatic nitrogens is 1. The highest BCUT2D eigenvalue weighted by Gasteiger charge is 2.39. The summed E-state index contributed by atoms with van der Waals surface area (Å²) >= 11 is 0. The number of pyridine rings is 1. The summed E-state index contributed by atoms with van der Waals surface area (Å²) in [6.07, 6.45) is -5.02. The molecule has 1 aromatic carbocycles. The van der Waals surface area contributed by atoms with Crippen molar-refractivity contribution in [2.75, 3.05) is 5.32 Å². The van der Waals surface area contributed by atoms with Crippen LogP contribution in [-0.2, 0) is 4.79 Å². The molecule has 0 atom stereocenters. The summed E-state index contributed by atoms with van der Waals surface area (Å²) in [5.74, 6) is -2.12. The summed E-state index contributed by atoms with van der Waals surface area (Å²) in [5.41, 5.74) is -0.00405. The monoisotopic (exact) mass is 296 g/mol. The predicted octanol–water partition coefficient (Wildman–Crippen LogP) is 2.85. The SMILES string of the molecule is Cc1cc(NC(=O)C(F)(F)F)c(-c2ccccc2)c(=O)[nH]1. The van der Waals surface area contributed by atoms with E-state index in [1.54, 1.807) is 35.6 Å². The van der Waals surface area contributed by atoms with Crippen LogP contribution in [0.15, 0.2) is 41.2 Å². The minimum absolute atomic E-state index is 0.0150. The molecule has 0 aliphatic heterocycles. The predicted molar refractivity (Wildman–Crippen MR) is 71.9 cm³/mol. The Morgan fingerprint density at radius 3 is 2.38 bits per heavy atom. The van der Waals surface area contributed by atoms with Gasteiger partial charge in [-0.3, -0.25) is 9.59 Å². The highest BCUT2D eigenvalue weighted by atomic mass is 19.4. The van der Waals surface area contributed by atoms with E-state index in [1.807, 2.05) is 0 Å². The standard InChI is InChI=1S/C14H11F3N2O2/c1-8-7-10(19-13(21)14(15,16)17)11(12(20)18-8)9-5-3-2-4-6-9/h2-7H,1H3,(H2,18,19,20,21). The molecule has 2 N–H and O–H groups in total. The first-order valence-corrected chi connectivity index (χ1v) is 5.96. The van der Waals surface area contributed by atoms with Crippen LogP contribution >= 0.6 is 0 Å². The summed E-state index contributed by atoms with van der Waals surface area (Å²) < 4.78 is 37.1. The van der Waals surface area contributed by atoms with E-state index in [0.29, 0.717) is 11.3 Å². The van der Waals surface area contributed by atoms with Crippen molar-refractivity contribution < 1.29 is 18.0 Å². The molecular formula is C14H11F3N2O2. The van der Waals surface area contributed by atoms with Gasteiger partial charge in [-0.15, -0.1) is 0 Å². The molecule has 0 saturated heterocycles. The zero-order valence-electron chi connectivity index (χ0n) is 10.9. The number of aryl methyl sites for hydroxylation is 1. The molecule has 1 amide bonds. The van der Waals surface area contributed by atoms with Gasteiger partial charge in [0.25, 0.3) is 5.56 Å². The number of carbonyl (C=O) groups is 1. The fourth-order valence-corrected chi connectivity index (χ4v) is 1.87. The van der Waals surface area contributed by atoms with Gasteiger partial charge in [0, 0.05) is 5.69 Å². The molecule has 0 radical (unpaired) electrons. The van der Waals surface area contributed by atoms with Crippen molar-refractivity contribution in [3.8, 4) is 11.1 Å². The lowest BCUT2D eigenvalue weighted by Gasteiger charge is -2.13. The van der Waals surface area contributed by atoms with E-state index >= 15 is 0 Å². The molecule has 0 spiro atoms. The molecule has 4 nitrogen and oxygen atoms in total. The average molecular weight is 296 g/mol. The van der Waals surface area contributed by atoms with E-state index in [1.165, 1.54) is 13.0 Å². The number of anilines is 1. The van der Waals surface area contributed by atoms with Crippen LogP contribution in [0.3, 0.4) is 0 Å². The van der Waals surface area contributed by atoms with Crippen molar-refractivity contribution >= 4 is 11.6 Å². The van der Waals surface area contributed by atoms with E-state index in [2.05, 4.69) is 4.98 Å². The van der Waals surface area contributed by atoms with E-state index in [9.17, 15) is 22.8 Å². The van der Waals surface area contributed by atoms with Gasteiger partial charge in [0.1, 0.15) is 0 Å². The van der Waals surface area contributed by atoms with E-state index in [-0.39, 0.29) is 11.3 Å². The van der Waals surface area contributed by atoms with Gasteiger partial charge in [-0.25, -0.2) is 0 Å². The van der Waals surface area contributed by atoms with Gasteiger partial charge in [-0.2, -0.15) is 13.2 Å². The molecular weight excluding hydrogens is 285 g/mol. The fraction of sp³-hybridized carbons (Fsp3) is 0.143. The number of alkyl halides is 3. The minimum Gasteiger partial charge on any atom is -0.326 e. The second-order valence-electron chi connectivity index (χ2n) is 4.39. The van der Waals surface area contributed by atoms with Crippen molar-refractivity contribution in [3.63, 3.8) is 0 Å². The molecule has 7 heteroatoms. The Labute approximate surface area is 117 Å². The van der Waals surface area contributed by atoms with Crippen LogP contribution in [0.1, 0.15) is 5.69 Å². The number of H-pyrrole nitrogens is 1. The normalized spacial score (nSPS) is 11.2. The zero-order chi connectivity index (χ0) is 15.6. The maximum absolute atomic E-state index is 12.4. The quantitative estimate of drug-likeness (QED) is 0.895. The lowest BCUT2D eigenvalue weighted by atomic mass is 10.0. The minimum atomic E-state index is -5.02. The lowest BCUT2D eigenvalue weighted by molar-refractivity contribution is -0.167. The smallest absolute Gasteiger partial charge is 0.326 e. The second kappa shape index (κ2) is 5.43. The molecule has 110 valence electrons. The Morgan fingerprint density at radius 2 is 1.81 bits per heavy atom. The number of benzene rings is 1. The van der Waals surface area contributed by atoms with Crippen LogP contribution in [-0.4, -0.2) is 17.1 Å². The summed E-state index contributed by atoms with van der Waals surface area (Å²) in [6, 6.07) is 9.42. The van der Waals surface area contributed by atoms with Crippen LogP contribution in [0.4, 0.5) is 18.9 Å². The topological polar surface area (TPSA) is 62.0 Å². The van der Waals surface area contributed by atoms with Crippen LogP contribution in [0.25, 0.3) is 11.1 Å². The molecule has 0 bridgehead atoms. The molecule has 0 unspecified atom stereocenters. The largest absolute Gasteiger partial charge is 0.471 e. The third kappa shape index (κ3) is 3.31. The molecule has 1 aromatic heterocycles. The van der Waals surface area contributed by atoms with E-state index < -0.39 is 17.6 Å². The zero-order valence-corrected chi connectivity index (χ0v) is 10.9. The van der Waals surface area contributed by atoms with E-state index in [0.717, 1.165) is 0 Å². The molecule has 21 heavy (non-hydrogen) atoms. The van der Waals surface area contributed by atoms with Gasteiger partial charge >= 0.3 is 12.1 Å². The lowest BCUT2D eigenvalue weighted by Crippen LogP contribution is -2.31. The van der Waals surface area contributed by atoms with Crippen LogP contribution < -0.4 is 10.9 Å². The Hall–Kier alpha value is -2.57. The van der Waals surface area contributed by atoms with Crippen LogP contribution in [0.2, 0.25) is 0 Å². The number of aromatic amines is 1. The van der Waals surface area contributed by atoms with Crippen molar-refractivity contribution in [1.29, 1.82) is 0 Å². The van der Waals surface area contributed by atoms with Gasteiger partial charge in [0.2, 0.25) is 0 Å².